The number of ether oxygens (including phenoxy) is 1. The zero-order chi connectivity index (χ0) is 25.9. The molecule has 4 heterocycles. The van der Waals surface area contributed by atoms with E-state index in [1.807, 2.05) is 36.6 Å². The summed E-state index contributed by atoms with van der Waals surface area (Å²) >= 11 is 0. The van der Waals surface area contributed by atoms with E-state index < -0.39 is 0 Å². The lowest BCUT2D eigenvalue weighted by Gasteiger charge is -2.14. The number of aromatic nitrogens is 1. The van der Waals surface area contributed by atoms with Gasteiger partial charge in [0.05, 0.1) is 35.9 Å². The zero-order valence-electron chi connectivity index (χ0n) is 20.5. The third-order valence-electron chi connectivity index (χ3n) is 5.95. The molecular weight excluding hydrogens is 470 g/mol. The first-order valence-electron chi connectivity index (χ1n) is 11.7. The number of benzene rings is 1. The predicted octanol–water partition coefficient (Wildman–Crippen LogP) is 7.01. The molecule has 0 aliphatic heterocycles. The normalized spacial score (nSPS) is 11.2. The molecule has 8 nitrogen and oxygen atoms in total. The van der Waals surface area contributed by atoms with Crippen molar-refractivity contribution < 1.29 is 22.8 Å². The fraction of sp³-hybridized carbons (Fsp3) is 0.138. The minimum absolute atomic E-state index is 0.136. The first kappa shape index (κ1) is 23.7. The van der Waals surface area contributed by atoms with E-state index in [-0.39, 0.29) is 17.4 Å². The molecule has 0 amide bonds. The van der Waals surface area contributed by atoms with Crippen LogP contribution in [0.2, 0.25) is 0 Å². The third kappa shape index (κ3) is 4.28. The van der Waals surface area contributed by atoms with E-state index in [0.717, 1.165) is 17.0 Å². The zero-order valence-corrected chi connectivity index (χ0v) is 20.5. The van der Waals surface area contributed by atoms with Gasteiger partial charge in [0.25, 0.3) is 0 Å². The number of nitrogens with zero attached hydrogens (tertiary/aromatic N) is 3. The van der Waals surface area contributed by atoms with Gasteiger partial charge in [-0.3, -0.25) is 0 Å². The molecule has 4 aromatic heterocycles. The molecule has 0 N–H and O–H groups in total. The largest absolute Gasteiger partial charge is 0.464 e. The molecular formula is C29H23N3O5. The van der Waals surface area contributed by atoms with Gasteiger partial charge in [-0.2, -0.15) is 5.26 Å². The van der Waals surface area contributed by atoms with Gasteiger partial charge in [0.15, 0.2) is 11.5 Å². The van der Waals surface area contributed by atoms with Gasteiger partial charge in [-0.15, -0.1) is 0 Å². The van der Waals surface area contributed by atoms with Crippen LogP contribution in [-0.4, -0.2) is 23.4 Å². The number of hydrogen-bond donors (Lipinski definition) is 0. The number of carbonyl (C=O) groups excluding carboxylic acids is 1. The molecule has 5 rings (SSSR count). The Balaban J connectivity index is 1.58. The summed E-state index contributed by atoms with van der Waals surface area (Å²) in [7, 11) is 0. The van der Waals surface area contributed by atoms with E-state index in [2.05, 4.69) is 11.1 Å². The number of para-hydroxylation sites is 1. The molecule has 0 saturated carbocycles. The highest BCUT2D eigenvalue weighted by Gasteiger charge is 2.26. The highest BCUT2D eigenvalue weighted by Crippen LogP contribution is 2.42. The second-order valence-electron chi connectivity index (χ2n) is 8.21. The Bertz CT molecular complexity index is 1630. The van der Waals surface area contributed by atoms with Gasteiger partial charge in [0.2, 0.25) is 5.88 Å². The van der Waals surface area contributed by atoms with Crippen LogP contribution in [0.25, 0.3) is 28.5 Å². The number of furan rings is 3. The molecule has 184 valence electrons. The van der Waals surface area contributed by atoms with Crippen molar-refractivity contribution in [2.24, 2.45) is 4.99 Å². The average Bonchev–Trinajstić information content (AvgIpc) is 3.69. The van der Waals surface area contributed by atoms with Crippen LogP contribution in [0.15, 0.2) is 85.4 Å². The number of nitriles is 1. The highest BCUT2D eigenvalue weighted by molar-refractivity contribution is 5.94. The van der Waals surface area contributed by atoms with Gasteiger partial charge in [-0.25, -0.2) is 9.79 Å². The Morgan fingerprint density at radius 1 is 1.08 bits per heavy atom. The molecule has 0 radical (unpaired) electrons. The summed E-state index contributed by atoms with van der Waals surface area (Å²) in [5, 5.41) is 9.98. The summed E-state index contributed by atoms with van der Waals surface area (Å²) < 4.78 is 24.3. The molecule has 1 aromatic carbocycles. The number of esters is 1. The summed E-state index contributed by atoms with van der Waals surface area (Å²) in [6.45, 7) is 5.95. The van der Waals surface area contributed by atoms with Gasteiger partial charge < -0.3 is 22.6 Å². The van der Waals surface area contributed by atoms with Crippen molar-refractivity contribution in [1.82, 2.24) is 4.57 Å². The smallest absolute Gasteiger partial charge is 0.340 e. The molecule has 0 fully saturated rings. The maximum Gasteiger partial charge on any atom is 0.340 e. The lowest BCUT2D eigenvalue weighted by molar-refractivity contribution is 0.0526. The fourth-order valence-corrected chi connectivity index (χ4v) is 4.32. The minimum Gasteiger partial charge on any atom is -0.464 e. The number of rotatable bonds is 7. The van der Waals surface area contributed by atoms with Crippen LogP contribution >= 0.6 is 0 Å². The van der Waals surface area contributed by atoms with Crippen LogP contribution in [0.5, 0.6) is 0 Å². The molecule has 0 saturated heterocycles. The first-order valence-corrected chi connectivity index (χ1v) is 11.7. The summed E-state index contributed by atoms with van der Waals surface area (Å²) in [5.74, 6) is 1.04. The Hall–Kier alpha value is -5.03. The van der Waals surface area contributed by atoms with Gasteiger partial charge in [-0.1, -0.05) is 12.1 Å². The average molecular weight is 494 g/mol. The van der Waals surface area contributed by atoms with Crippen molar-refractivity contribution in [3.8, 4) is 34.6 Å². The Morgan fingerprint density at radius 3 is 2.49 bits per heavy atom. The van der Waals surface area contributed by atoms with E-state index >= 15 is 0 Å². The maximum atomic E-state index is 12.6. The molecule has 0 spiro atoms. The van der Waals surface area contributed by atoms with Crippen LogP contribution in [0, 0.1) is 25.2 Å². The predicted molar refractivity (Wildman–Crippen MR) is 137 cm³/mol. The molecule has 0 bridgehead atoms. The van der Waals surface area contributed by atoms with Gasteiger partial charge in [0.1, 0.15) is 17.4 Å². The second-order valence-corrected chi connectivity index (χ2v) is 8.21. The van der Waals surface area contributed by atoms with Crippen LogP contribution in [0.4, 0.5) is 5.88 Å². The van der Waals surface area contributed by atoms with Crippen molar-refractivity contribution in [3.05, 3.63) is 95.2 Å². The van der Waals surface area contributed by atoms with E-state index in [1.165, 1.54) is 12.5 Å². The highest BCUT2D eigenvalue weighted by atomic mass is 16.5. The quantitative estimate of drug-likeness (QED) is 0.178. The third-order valence-corrected chi connectivity index (χ3v) is 5.95. The van der Waals surface area contributed by atoms with Gasteiger partial charge in [-0.05, 0) is 63.2 Å². The molecule has 0 unspecified atom stereocenters. The Labute approximate surface area is 213 Å². The minimum atomic E-state index is -0.383. The van der Waals surface area contributed by atoms with Crippen molar-refractivity contribution in [1.29, 1.82) is 5.26 Å². The van der Waals surface area contributed by atoms with Crippen LogP contribution in [0.1, 0.15) is 39.8 Å². The monoisotopic (exact) mass is 493 g/mol. The van der Waals surface area contributed by atoms with Crippen molar-refractivity contribution in [2.45, 2.75) is 20.8 Å². The van der Waals surface area contributed by atoms with Crippen molar-refractivity contribution in [2.75, 3.05) is 6.61 Å². The summed E-state index contributed by atoms with van der Waals surface area (Å²) in [4.78, 5) is 17.1. The van der Waals surface area contributed by atoms with E-state index in [1.54, 1.807) is 49.5 Å². The van der Waals surface area contributed by atoms with Gasteiger partial charge in [0, 0.05) is 23.2 Å². The van der Waals surface area contributed by atoms with Crippen LogP contribution in [-0.2, 0) is 4.74 Å². The number of carbonyl (C=O) groups is 1. The summed E-state index contributed by atoms with van der Waals surface area (Å²) in [6, 6.07) is 18.4. The van der Waals surface area contributed by atoms with Crippen LogP contribution < -0.4 is 0 Å². The molecule has 37 heavy (non-hydrogen) atoms. The molecule has 0 atom stereocenters. The number of aryl methyl sites for hydroxylation is 1. The van der Waals surface area contributed by atoms with E-state index in [4.69, 9.17) is 18.0 Å². The summed E-state index contributed by atoms with van der Waals surface area (Å²) in [5.41, 5.74) is 4.46. The lowest BCUT2D eigenvalue weighted by atomic mass is 10.1. The number of aliphatic imine (C=N–C) groups is 1. The molecule has 0 aliphatic carbocycles. The number of hydrogen-bond acceptors (Lipinski definition) is 7. The molecule has 5 aromatic rings. The summed E-state index contributed by atoms with van der Waals surface area (Å²) in [6.07, 6.45) is 4.70. The Kier molecular flexibility index (Phi) is 6.35. The standard InChI is InChI=1S/C29H23N3O5/c1-4-34-29(33)21-9-5-6-10-23(21)32-18(2)15-20(19(32)3)17-31-28-22(16-30)26(24-11-7-13-35-24)27(37-28)25-12-8-14-36-25/h5-15,17H,4H2,1-3H3. The van der Waals surface area contributed by atoms with Crippen molar-refractivity contribution >= 4 is 18.1 Å². The maximum absolute atomic E-state index is 12.6. The molecule has 8 heteroatoms. The first-order chi connectivity index (χ1) is 18.0. The van der Waals surface area contributed by atoms with Gasteiger partial charge >= 0.3 is 5.97 Å². The SMILES string of the molecule is CCOC(=O)c1ccccc1-n1c(C)cc(C=Nc2oc(-c3ccco3)c(-c3ccco3)c2C#N)c1C. The second kappa shape index (κ2) is 9.91. The van der Waals surface area contributed by atoms with Crippen molar-refractivity contribution in [3.63, 3.8) is 0 Å². The molecule has 0 aliphatic rings. The van der Waals surface area contributed by atoms with E-state index in [9.17, 15) is 10.1 Å². The Morgan fingerprint density at radius 2 is 1.81 bits per heavy atom. The van der Waals surface area contributed by atoms with E-state index in [0.29, 0.717) is 40.7 Å². The van der Waals surface area contributed by atoms with Crippen LogP contribution in [0.3, 0.4) is 0 Å². The lowest BCUT2D eigenvalue weighted by Crippen LogP contribution is -2.11. The fourth-order valence-electron chi connectivity index (χ4n) is 4.32. The topological polar surface area (TPSA) is 107 Å².